The maximum atomic E-state index is 8.83. The van der Waals surface area contributed by atoms with Crippen LogP contribution in [-0.4, -0.2) is 7.05 Å². The lowest BCUT2D eigenvalue weighted by molar-refractivity contribution is 0.924. The molecule has 0 saturated heterocycles. The summed E-state index contributed by atoms with van der Waals surface area (Å²) < 4.78 is 0. The van der Waals surface area contributed by atoms with E-state index in [9.17, 15) is 0 Å². The summed E-state index contributed by atoms with van der Waals surface area (Å²) in [6.45, 7) is 0.823. The van der Waals surface area contributed by atoms with Crippen LogP contribution in [0.4, 0.5) is 5.69 Å². The summed E-state index contributed by atoms with van der Waals surface area (Å²) in [6, 6.07) is 24.8. The fraction of sp³-hybridized carbons (Fsp3) is 0.105. The molecule has 2 heteroatoms. The van der Waals surface area contributed by atoms with E-state index >= 15 is 0 Å². The average molecular weight is 272 g/mol. The van der Waals surface area contributed by atoms with Crippen LogP contribution in [0.1, 0.15) is 11.1 Å². The normalized spacial score (nSPS) is 10.3. The first-order valence-corrected chi connectivity index (χ1v) is 6.95. The molecule has 21 heavy (non-hydrogen) atoms. The van der Waals surface area contributed by atoms with E-state index in [4.69, 9.17) is 5.26 Å². The van der Waals surface area contributed by atoms with Gasteiger partial charge in [0.15, 0.2) is 0 Å². The minimum absolute atomic E-state index is 0.701. The van der Waals surface area contributed by atoms with Crippen molar-refractivity contribution in [3.8, 4) is 6.07 Å². The second kappa shape index (κ2) is 5.68. The van der Waals surface area contributed by atoms with Gasteiger partial charge in [-0.3, -0.25) is 0 Å². The predicted octanol–water partition coefficient (Wildman–Crippen LogP) is 4.35. The van der Waals surface area contributed by atoms with E-state index in [-0.39, 0.29) is 0 Å². The van der Waals surface area contributed by atoms with Gasteiger partial charge >= 0.3 is 0 Å². The second-order valence-electron chi connectivity index (χ2n) is 5.20. The van der Waals surface area contributed by atoms with Crippen molar-refractivity contribution in [1.82, 2.24) is 0 Å². The second-order valence-corrected chi connectivity index (χ2v) is 5.20. The van der Waals surface area contributed by atoms with E-state index in [0.717, 1.165) is 6.54 Å². The van der Waals surface area contributed by atoms with Crippen LogP contribution < -0.4 is 4.90 Å². The van der Waals surface area contributed by atoms with Crippen molar-refractivity contribution in [2.75, 3.05) is 11.9 Å². The van der Waals surface area contributed by atoms with Gasteiger partial charge in [-0.05, 0) is 40.6 Å². The largest absolute Gasteiger partial charge is 0.370 e. The zero-order valence-electron chi connectivity index (χ0n) is 12.0. The Hall–Kier alpha value is -2.79. The van der Waals surface area contributed by atoms with E-state index in [1.165, 1.54) is 22.0 Å². The molecule has 3 rings (SSSR count). The molecule has 0 spiro atoms. The SMILES string of the molecule is CN(Cc1ccc(C#N)cc1)c1ccc2ccccc2c1. The Bertz CT molecular complexity index is 798. The molecule has 0 fully saturated rings. The van der Waals surface area contributed by atoms with Gasteiger partial charge in [-0.2, -0.15) is 5.26 Å². The summed E-state index contributed by atoms with van der Waals surface area (Å²) in [5, 5.41) is 11.3. The molecule has 3 aromatic carbocycles. The van der Waals surface area contributed by atoms with Gasteiger partial charge in [0, 0.05) is 19.3 Å². The summed E-state index contributed by atoms with van der Waals surface area (Å²) in [5.41, 5.74) is 3.09. The van der Waals surface area contributed by atoms with Crippen LogP contribution >= 0.6 is 0 Å². The molecular formula is C19H16N2. The van der Waals surface area contributed by atoms with Crippen LogP contribution in [0, 0.1) is 11.3 Å². The van der Waals surface area contributed by atoms with Crippen LogP contribution in [-0.2, 0) is 6.54 Å². The molecule has 0 saturated carbocycles. The van der Waals surface area contributed by atoms with E-state index in [2.05, 4.69) is 60.5 Å². The highest BCUT2D eigenvalue weighted by molar-refractivity contribution is 5.85. The summed E-state index contributed by atoms with van der Waals surface area (Å²) in [5.74, 6) is 0. The summed E-state index contributed by atoms with van der Waals surface area (Å²) in [7, 11) is 2.09. The van der Waals surface area contributed by atoms with Crippen LogP contribution in [0.5, 0.6) is 0 Å². The van der Waals surface area contributed by atoms with Crippen molar-refractivity contribution < 1.29 is 0 Å². The van der Waals surface area contributed by atoms with Gasteiger partial charge in [0.25, 0.3) is 0 Å². The number of fused-ring (bicyclic) bond motifs is 1. The Morgan fingerprint density at radius 3 is 2.33 bits per heavy atom. The van der Waals surface area contributed by atoms with Gasteiger partial charge in [0.1, 0.15) is 0 Å². The lowest BCUT2D eigenvalue weighted by Gasteiger charge is -2.20. The molecule has 0 unspecified atom stereocenters. The van der Waals surface area contributed by atoms with E-state index in [1.54, 1.807) is 0 Å². The van der Waals surface area contributed by atoms with E-state index in [0.29, 0.717) is 5.56 Å². The molecule has 0 bridgehead atoms. The van der Waals surface area contributed by atoms with Gasteiger partial charge < -0.3 is 4.90 Å². The van der Waals surface area contributed by atoms with Gasteiger partial charge in [-0.15, -0.1) is 0 Å². The maximum Gasteiger partial charge on any atom is 0.0991 e. The molecule has 0 amide bonds. The lowest BCUT2D eigenvalue weighted by atomic mass is 10.1. The average Bonchev–Trinajstić information content (AvgIpc) is 2.55. The Labute approximate surface area is 124 Å². The van der Waals surface area contributed by atoms with Crippen LogP contribution in [0.15, 0.2) is 66.7 Å². The number of benzene rings is 3. The molecule has 3 aromatic rings. The van der Waals surface area contributed by atoms with Crippen molar-refractivity contribution in [1.29, 1.82) is 5.26 Å². The molecular weight excluding hydrogens is 256 g/mol. The molecule has 102 valence electrons. The standard InChI is InChI=1S/C19H16N2/c1-21(14-16-8-6-15(13-20)7-9-16)19-11-10-17-4-2-3-5-18(17)12-19/h2-12H,14H2,1H3. The Balaban J connectivity index is 1.82. The topological polar surface area (TPSA) is 27.0 Å². The van der Waals surface area contributed by atoms with Crippen molar-refractivity contribution in [2.45, 2.75) is 6.54 Å². The third-order valence-electron chi connectivity index (χ3n) is 3.68. The summed E-state index contributed by atoms with van der Waals surface area (Å²) >= 11 is 0. The van der Waals surface area contributed by atoms with Crippen LogP contribution in [0.3, 0.4) is 0 Å². The van der Waals surface area contributed by atoms with Crippen molar-refractivity contribution in [3.63, 3.8) is 0 Å². The van der Waals surface area contributed by atoms with E-state index in [1.807, 2.05) is 24.3 Å². The highest BCUT2D eigenvalue weighted by Crippen LogP contribution is 2.22. The Morgan fingerprint density at radius 2 is 1.62 bits per heavy atom. The Kier molecular flexibility index (Phi) is 3.57. The minimum atomic E-state index is 0.701. The fourth-order valence-corrected chi connectivity index (χ4v) is 2.46. The molecule has 0 aliphatic carbocycles. The minimum Gasteiger partial charge on any atom is -0.370 e. The summed E-state index contributed by atoms with van der Waals surface area (Å²) in [4.78, 5) is 2.22. The third-order valence-corrected chi connectivity index (χ3v) is 3.68. The smallest absolute Gasteiger partial charge is 0.0991 e. The van der Waals surface area contributed by atoms with Crippen molar-refractivity contribution >= 4 is 16.5 Å². The molecule has 0 aliphatic rings. The highest BCUT2D eigenvalue weighted by Gasteiger charge is 2.03. The molecule has 0 aliphatic heterocycles. The first-order chi connectivity index (χ1) is 10.3. The lowest BCUT2D eigenvalue weighted by Crippen LogP contribution is -2.16. The molecule has 0 radical (unpaired) electrons. The van der Waals surface area contributed by atoms with E-state index < -0.39 is 0 Å². The first kappa shape index (κ1) is 13.2. The Morgan fingerprint density at radius 1 is 0.905 bits per heavy atom. The molecule has 0 aromatic heterocycles. The first-order valence-electron chi connectivity index (χ1n) is 6.95. The molecule has 0 heterocycles. The summed E-state index contributed by atoms with van der Waals surface area (Å²) in [6.07, 6.45) is 0. The van der Waals surface area contributed by atoms with Gasteiger partial charge in [0.2, 0.25) is 0 Å². The van der Waals surface area contributed by atoms with Crippen LogP contribution in [0.25, 0.3) is 10.8 Å². The van der Waals surface area contributed by atoms with Crippen molar-refractivity contribution in [2.24, 2.45) is 0 Å². The molecule has 0 N–H and O–H groups in total. The quantitative estimate of drug-likeness (QED) is 0.709. The maximum absolute atomic E-state index is 8.83. The number of hydrogen-bond donors (Lipinski definition) is 0. The highest BCUT2D eigenvalue weighted by atomic mass is 15.1. The van der Waals surface area contributed by atoms with Gasteiger partial charge in [-0.1, -0.05) is 42.5 Å². The van der Waals surface area contributed by atoms with Crippen LogP contribution in [0.2, 0.25) is 0 Å². The predicted molar refractivity (Wildman–Crippen MR) is 87.2 cm³/mol. The number of anilines is 1. The monoisotopic (exact) mass is 272 g/mol. The zero-order valence-corrected chi connectivity index (χ0v) is 12.0. The third kappa shape index (κ3) is 2.88. The molecule has 0 atom stereocenters. The fourth-order valence-electron chi connectivity index (χ4n) is 2.46. The number of nitriles is 1. The zero-order chi connectivity index (χ0) is 14.7. The number of hydrogen-bond acceptors (Lipinski definition) is 2. The van der Waals surface area contributed by atoms with Gasteiger partial charge in [0.05, 0.1) is 11.6 Å². The molecule has 2 nitrogen and oxygen atoms in total. The van der Waals surface area contributed by atoms with Gasteiger partial charge in [-0.25, -0.2) is 0 Å². The van der Waals surface area contributed by atoms with Crippen molar-refractivity contribution in [3.05, 3.63) is 77.9 Å². The number of nitrogens with zero attached hydrogens (tertiary/aromatic N) is 2. The number of rotatable bonds is 3.